The molecule has 1 aliphatic carbocycles. The predicted molar refractivity (Wildman–Crippen MR) is 196 cm³/mol. The number of fused-ring (bicyclic) bond motifs is 3. The summed E-state index contributed by atoms with van der Waals surface area (Å²) in [6.07, 6.45) is 9.60. The Morgan fingerprint density at radius 1 is 0.917 bits per heavy atom. The van der Waals surface area contributed by atoms with E-state index in [9.17, 15) is 4.79 Å². The van der Waals surface area contributed by atoms with E-state index in [4.69, 9.17) is 14.7 Å². The van der Waals surface area contributed by atoms with Crippen LogP contribution in [0.15, 0.2) is 72.8 Å². The first-order valence-corrected chi connectivity index (χ1v) is 18.0. The van der Waals surface area contributed by atoms with Gasteiger partial charge in [0.05, 0.1) is 23.1 Å². The van der Waals surface area contributed by atoms with Gasteiger partial charge in [0, 0.05) is 24.9 Å². The van der Waals surface area contributed by atoms with Crippen molar-refractivity contribution in [2.75, 3.05) is 6.54 Å². The minimum Gasteiger partial charge on any atom is -0.461 e. The summed E-state index contributed by atoms with van der Waals surface area (Å²) in [7, 11) is 0. The van der Waals surface area contributed by atoms with Crippen LogP contribution in [0.5, 0.6) is 0 Å². The van der Waals surface area contributed by atoms with E-state index in [1.807, 2.05) is 12.1 Å². The molecule has 3 aromatic carbocycles. The third kappa shape index (κ3) is 8.70. The molecule has 6 nitrogen and oxygen atoms in total. The summed E-state index contributed by atoms with van der Waals surface area (Å²) in [5.41, 5.74) is 8.44. The van der Waals surface area contributed by atoms with E-state index < -0.39 is 0 Å². The second kappa shape index (κ2) is 15.5. The van der Waals surface area contributed by atoms with Gasteiger partial charge in [0.1, 0.15) is 17.9 Å². The van der Waals surface area contributed by atoms with Crippen LogP contribution in [0.25, 0.3) is 21.9 Å². The Hall–Kier alpha value is -4.03. The van der Waals surface area contributed by atoms with Gasteiger partial charge in [-0.3, -0.25) is 4.79 Å². The standard InChI is InChI=1S/C42H52N4O2/c1-5-6-14-38-45-40-37(25-39(47)48-29-34-21-15-31(16-22-34)26-42(2,3)4)44-36-13-8-7-12-35(36)41(40)46(38)28-33-19-17-32(18-20-33)27-43-24-23-30-10-9-11-30/h7-8,12-13,15-22,30,43H,5-6,9-11,14,23-29H2,1-4H3. The quantitative estimate of drug-likeness (QED) is 0.0909. The molecule has 1 fully saturated rings. The molecule has 0 aliphatic heterocycles. The lowest BCUT2D eigenvalue weighted by Gasteiger charge is -2.25. The zero-order valence-corrected chi connectivity index (χ0v) is 29.4. The Bertz CT molecular complexity index is 1810. The van der Waals surface area contributed by atoms with Gasteiger partial charge in [-0.2, -0.15) is 0 Å². The maximum atomic E-state index is 13.3. The Balaban J connectivity index is 1.21. The van der Waals surface area contributed by atoms with E-state index in [2.05, 4.69) is 98.2 Å². The number of para-hydroxylation sites is 1. The van der Waals surface area contributed by atoms with Gasteiger partial charge < -0.3 is 14.6 Å². The van der Waals surface area contributed by atoms with Crippen molar-refractivity contribution < 1.29 is 9.53 Å². The second-order valence-electron chi connectivity index (χ2n) is 15.0. The lowest BCUT2D eigenvalue weighted by atomic mass is 9.83. The number of imidazole rings is 1. The summed E-state index contributed by atoms with van der Waals surface area (Å²) in [6, 6.07) is 25.6. The van der Waals surface area contributed by atoms with Gasteiger partial charge in [0.25, 0.3) is 0 Å². The number of carbonyl (C=O) groups is 1. The molecule has 1 N–H and O–H groups in total. The van der Waals surface area contributed by atoms with Crippen molar-refractivity contribution >= 4 is 27.9 Å². The lowest BCUT2D eigenvalue weighted by Crippen LogP contribution is -2.21. The summed E-state index contributed by atoms with van der Waals surface area (Å²) >= 11 is 0. The number of ether oxygens (including phenoxy) is 1. The van der Waals surface area contributed by atoms with Crippen LogP contribution in [0.3, 0.4) is 0 Å². The van der Waals surface area contributed by atoms with Gasteiger partial charge >= 0.3 is 5.97 Å². The second-order valence-corrected chi connectivity index (χ2v) is 15.0. The van der Waals surface area contributed by atoms with E-state index in [-0.39, 0.29) is 24.4 Å². The van der Waals surface area contributed by atoms with Crippen LogP contribution in [-0.2, 0) is 48.5 Å². The van der Waals surface area contributed by atoms with Crippen molar-refractivity contribution in [3.8, 4) is 0 Å². The highest BCUT2D eigenvalue weighted by molar-refractivity contribution is 6.04. The topological polar surface area (TPSA) is 69.0 Å². The minimum atomic E-state index is -0.292. The third-order valence-corrected chi connectivity index (χ3v) is 9.60. The summed E-state index contributed by atoms with van der Waals surface area (Å²) in [4.78, 5) is 23.4. The molecule has 252 valence electrons. The number of hydrogen-bond donors (Lipinski definition) is 1. The third-order valence-electron chi connectivity index (χ3n) is 9.60. The average molecular weight is 645 g/mol. The fraction of sp³-hybridized carbons (Fsp3) is 0.452. The molecular weight excluding hydrogens is 592 g/mol. The monoisotopic (exact) mass is 644 g/mol. The molecule has 6 heteroatoms. The zero-order valence-electron chi connectivity index (χ0n) is 29.4. The molecule has 0 unspecified atom stereocenters. The molecule has 48 heavy (non-hydrogen) atoms. The molecular formula is C42H52N4O2. The summed E-state index contributed by atoms with van der Waals surface area (Å²) < 4.78 is 8.14. The maximum absolute atomic E-state index is 13.3. The first kappa shape index (κ1) is 33.9. The largest absolute Gasteiger partial charge is 0.461 e. The highest BCUT2D eigenvalue weighted by Gasteiger charge is 2.21. The molecule has 1 saturated carbocycles. The highest BCUT2D eigenvalue weighted by Crippen LogP contribution is 2.30. The number of nitrogens with one attached hydrogen (secondary N) is 1. The van der Waals surface area contributed by atoms with Crippen LogP contribution in [-0.4, -0.2) is 27.0 Å². The number of rotatable bonds is 15. The van der Waals surface area contributed by atoms with Crippen LogP contribution >= 0.6 is 0 Å². The number of hydrogen-bond acceptors (Lipinski definition) is 5. The predicted octanol–water partition coefficient (Wildman–Crippen LogP) is 9.13. The fourth-order valence-electron chi connectivity index (χ4n) is 6.75. The molecule has 0 atom stereocenters. The molecule has 2 heterocycles. The highest BCUT2D eigenvalue weighted by atomic mass is 16.5. The van der Waals surface area contributed by atoms with E-state index in [0.717, 1.165) is 78.0 Å². The maximum Gasteiger partial charge on any atom is 0.312 e. The molecule has 0 amide bonds. The number of aryl methyl sites for hydroxylation is 1. The minimum absolute atomic E-state index is 0.0795. The number of unbranched alkanes of at least 4 members (excludes halogenated alkanes) is 1. The Kier molecular flexibility index (Phi) is 10.9. The Morgan fingerprint density at radius 2 is 1.62 bits per heavy atom. The van der Waals surface area contributed by atoms with Crippen molar-refractivity contribution in [3.05, 3.63) is 107 Å². The molecule has 6 rings (SSSR count). The Morgan fingerprint density at radius 3 is 2.33 bits per heavy atom. The van der Waals surface area contributed by atoms with Crippen LogP contribution < -0.4 is 5.32 Å². The summed E-state index contributed by atoms with van der Waals surface area (Å²) in [6.45, 7) is 11.9. The van der Waals surface area contributed by atoms with Crippen molar-refractivity contribution in [1.29, 1.82) is 0 Å². The smallest absolute Gasteiger partial charge is 0.312 e. The lowest BCUT2D eigenvalue weighted by molar-refractivity contribution is -0.144. The van der Waals surface area contributed by atoms with E-state index in [1.54, 1.807) is 0 Å². The number of aromatic nitrogens is 3. The van der Waals surface area contributed by atoms with Crippen molar-refractivity contribution in [1.82, 2.24) is 19.9 Å². The van der Waals surface area contributed by atoms with Crippen molar-refractivity contribution in [2.24, 2.45) is 11.3 Å². The van der Waals surface area contributed by atoms with Gasteiger partial charge in [-0.1, -0.05) is 120 Å². The van der Waals surface area contributed by atoms with Crippen molar-refractivity contribution in [3.63, 3.8) is 0 Å². The first-order valence-electron chi connectivity index (χ1n) is 18.0. The van der Waals surface area contributed by atoms with Gasteiger partial charge in [-0.25, -0.2) is 9.97 Å². The number of pyridine rings is 1. The number of nitrogens with zero attached hydrogens (tertiary/aromatic N) is 3. The molecule has 0 bridgehead atoms. The average Bonchev–Trinajstić information content (AvgIpc) is 3.41. The van der Waals surface area contributed by atoms with Gasteiger partial charge in [-0.15, -0.1) is 0 Å². The van der Waals surface area contributed by atoms with Crippen LogP contribution in [0.4, 0.5) is 0 Å². The molecule has 0 radical (unpaired) electrons. The Labute approximate surface area is 286 Å². The first-order chi connectivity index (χ1) is 23.3. The van der Waals surface area contributed by atoms with Crippen LogP contribution in [0.1, 0.15) is 100.0 Å². The van der Waals surface area contributed by atoms with Gasteiger partial charge in [0.2, 0.25) is 0 Å². The SMILES string of the molecule is CCCCc1nc2c(CC(=O)OCc3ccc(CC(C)(C)C)cc3)nc3ccccc3c2n1Cc1ccc(CNCCC2CCC2)cc1. The zero-order chi connectivity index (χ0) is 33.5. The summed E-state index contributed by atoms with van der Waals surface area (Å²) in [5.74, 6) is 1.68. The fourth-order valence-corrected chi connectivity index (χ4v) is 6.75. The van der Waals surface area contributed by atoms with Gasteiger partial charge in [-0.05, 0) is 65.5 Å². The van der Waals surface area contributed by atoms with Crippen molar-refractivity contribution in [2.45, 2.75) is 105 Å². The van der Waals surface area contributed by atoms with E-state index in [1.165, 1.54) is 42.4 Å². The molecule has 0 spiro atoms. The number of esters is 1. The van der Waals surface area contributed by atoms with E-state index in [0.29, 0.717) is 12.2 Å². The molecule has 5 aromatic rings. The van der Waals surface area contributed by atoms with Crippen LogP contribution in [0.2, 0.25) is 0 Å². The van der Waals surface area contributed by atoms with E-state index >= 15 is 0 Å². The number of benzene rings is 3. The number of carbonyl (C=O) groups excluding carboxylic acids is 1. The molecule has 1 aliphatic rings. The molecule has 2 aromatic heterocycles. The molecule has 0 saturated heterocycles. The van der Waals surface area contributed by atoms with Gasteiger partial charge in [0.15, 0.2) is 0 Å². The van der Waals surface area contributed by atoms with Crippen LogP contribution in [0, 0.1) is 11.3 Å². The normalized spacial score (nSPS) is 13.7. The summed E-state index contributed by atoms with van der Waals surface area (Å²) in [5, 5.41) is 4.69.